The molecule has 2 rings (SSSR count). The smallest absolute Gasteiger partial charge is 0.281 e. The Morgan fingerprint density at radius 1 is 1.43 bits per heavy atom. The Labute approximate surface area is 130 Å². The zero-order chi connectivity index (χ0) is 15.5. The lowest BCUT2D eigenvalue weighted by molar-refractivity contribution is 0.182. The molecule has 8 heteroatoms. The molecule has 1 saturated heterocycles. The predicted molar refractivity (Wildman–Crippen MR) is 81.6 cm³/mol. The Balaban J connectivity index is 1.84. The quantitative estimate of drug-likeness (QED) is 0.821. The van der Waals surface area contributed by atoms with E-state index in [1.165, 1.54) is 8.61 Å². The maximum atomic E-state index is 12.0. The molecule has 1 fully saturated rings. The standard InChI is InChI=1S/C13H20ClN3O3S/c1-16(2)21(18,19)17-7-4-11(5-8-17)10-20-13-3-6-15-9-12(13)14/h3,6,9,11H,4-5,7-8,10H2,1-2H3. The first kappa shape index (κ1) is 16.5. The van der Waals surface area contributed by atoms with E-state index in [1.54, 1.807) is 32.6 Å². The fraction of sp³-hybridized carbons (Fsp3) is 0.615. The molecule has 1 aliphatic rings. The van der Waals surface area contributed by atoms with E-state index in [1.807, 2.05) is 0 Å². The van der Waals surface area contributed by atoms with Crippen molar-refractivity contribution < 1.29 is 13.2 Å². The molecule has 0 saturated carbocycles. The highest BCUT2D eigenvalue weighted by atomic mass is 35.5. The second kappa shape index (κ2) is 6.91. The van der Waals surface area contributed by atoms with E-state index in [0.717, 1.165) is 12.8 Å². The SMILES string of the molecule is CN(C)S(=O)(=O)N1CCC(COc2ccncc2Cl)CC1. The van der Waals surface area contributed by atoms with Gasteiger partial charge >= 0.3 is 0 Å². The predicted octanol–water partition coefficient (Wildman–Crippen LogP) is 1.63. The molecule has 118 valence electrons. The number of hydrogen-bond acceptors (Lipinski definition) is 4. The molecule has 0 unspecified atom stereocenters. The number of nitrogens with zero attached hydrogens (tertiary/aromatic N) is 3. The summed E-state index contributed by atoms with van der Waals surface area (Å²) >= 11 is 5.98. The zero-order valence-electron chi connectivity index (χ0n) is 12.2. The first-order chi connectivity index (χ1) is 9.91. The van der Waals surface area contributed by atoms with Crippen LogP contribution in [0.2, 0.25) is 5.02 Å². The van der Waals surface area contributed by atoms with Crippen LogP contribution in [0, 0.1) is 5.92 Å². The molecule has 6 nitrogen and oxygen atoms in total. The molecule has 21 heavy (non-hydrogen) atoms. The van der Waals surface area contributed by atoms with Crippen molar-refractivity contribution in [1.82, 2.24) is 13.6 Å². The third-order valence-corrected chi connectivity index (χ3v) is 5.80. The summed E-state index contributed by atoms with van der Waals surface area (Å²) in [4.78, 5) is 3.90. The number of ether oxygens (including phenoxy) is 1. The van der Waals surface area contributed by atoms with Crippen LogP contribution in [0.25, 0.3) is 0 Å². The minimum atomic E-state index is -3.30. The third-order valence-electron chi connectivity index (χ3n) is 3.57. The normalized spacial score (nSPS) is 18.1. The van der Waals surface area contributed by atoms with Crippen molar-refractivity contribution in [3.63, 3.8) is 0 Å². The van der Waals surface area contributed by atoms with Gasteiger partial charge in [0.2, 0.25) is 0 Å². The summed E-state index contributed by atoms with van der Waals surface area (Å²) < 4.78 is 32.5. The van der Waals surface area contributed by atoms with Crippen LogP contribution < -0.4 is 4.74 Å². The summed E-state index contributed by atoms with van der Waals surface area (Å²) in [5.41, 5.74) is 0. The fourth-order valence-electron chi connectivity index (χ4n) is 2.22. The van der Waals surface area contributed by atoms with E-state index in [0.29, 0.717) is 36.4 Å². The van der Waals surface area contributed by atoms with Gasteiger partial charge in [-0.2, -0.15) is 17.0 Å². The molecule has 0 N–H and O–H groups in total. The van der Waals surface area contributed by atoms with Gasteiger partial charge in [0.05, 0.1) is 6.61 Å². The number of hydrogen-bond donors (Lipinski definition) is 0. The Bertz CT molecular complexity index is 572. The zero-order valence-corrected chi connectivity index (χ0v) is 13.8. The number of piperidine rings is 1. The maximum absolute atomic E-state index is 12.0. The largest absolute Gasteiger partial charge is 0.492 e. The van der Waals surface area contributed by atoms with E-state index < -0.39 is 10.2 Å². The second-order valence-electron chi connectivity index (χ2n) is 5.25. The number of halogens is 1. The first-order valence-corrected chi connectivity index (χ1v) is 8.58. The van der Waals surface area contributed by atoms with Crippen molar-refractivity contribution in [2.24, 2.45) is 5.92 Å². The van der Waals surface area contributed by atoms with Crippen LogP contribution in [0.3, 0.4) is 0 Å². The molecule has 1 aromatic rings. The van der Waals surface area contributed by atoms with Crippen LogP contribution in [-0.4, -0.2) is 55.8 Å². The van der Waals surface area contributed by atoms with Crippen molar-refractivity contribution >= 4 is 21.8 Å². The Morgan fingerprint density at radius 2 is 2.10 bits per heavy atom. The van der Waals surface area contributed by atoms with Gasteiger partial charge in [-0.3, -0.25) is 4.98 Å². The van der Waals surface area contributed by atoms with Gasteiger partial charge in [-0.15, -0.1) is 0 Å². The van der Waals surface area contributed by atoms with Crippen LogP contribution in [0.5, 0.6) is 5.75 Å². The average molecular weight is 334 g/mol. The van der Waals surface area contributed by atoms with Gasteiger partial charge in [0, 0.05) is 45.6 Å². The molecule has 0 aliphatic carbocycles. The first-order valence-electron chi connectivity index (χ1n) is 6.81. The summed E-state index contributed by atoms with van der Waals surface area (Å²) in [6.07, 6.45) is 4.75. The number of rotatable bonds is 5. The molecule has 2 heterocycles. The summed E-state index contributed by atoms with van der Waals surface area (Å²) in [5, 5.41) is 0.491. The molecule has 0 amide bonds. The van der Waals surface area contributed by atoms with E-state index in [-0.39, 0.29) is 0 Å². The fourth-order valence-corrected chi connectivity index (χ4v) is 3.53. The van der Waals surface area contributed by atoms with Gasteiger partial charge in [0.25, 0.3) is 10.2 Å². The molecule has 0 radical (unpaired) electrons. The Kier molecular flexibility index (Phi) is 5.43. The van der Waals surface area contributed by atoms with Gasteiger partial charge < -0.3 is 4.74 Å². The average Bonchev–Trinajstić information content (AvgIpc) is 2.46. The van der Waals surface area contributed by atoms with Crippen molar-refractivity contribution in [2.75, 3.05) is 33.8 Å². The highest BCUT2D eigenvalue weighted by Crippen LogP contribution is 2.25. The van der Waals surface area contributed by atoms with E-state index in [2.05, 4.69) is 4.98 Å². The lowest BCUT2D eigenvalue weighted by Gasteiger charge is -2.32. The summed E-state index contributed by atoms with van der Waals surface area (Å²) in [6.45, 7) is 1.59. The molecule has 0 aromatic carbocycles. The van der Waals surface area contributed by atoms with Crippen molar-refractivity contribution in [3.05, 3.63) is 23.5 Å². The highest BCUT2D eigenvalue weighted by Gasteiger charge is 2.29. The van der Waals surface area contributed by atoms with E-state index >= 15 is 0 Å². The van der Waals surface area contributed by atoms with Crippen LogP contribution in [-0.2, 0) is 10.2 Å². The molecule has 0 bridgehead atoms. The highest BCUT2D eigenvalue weighted by molar-refractivity contribution is 7.86. The third kappa shape index (κ3) is 4.06. The lowest BCUT2D eigenvalue weighted by Crippen LogP contribution is -2.45. The molecule has 1 aliphatic heterocycles. The van der Waals surface area contributed by atoms with Crippen molar-refractivity contribution in [1.29, 1.82) is 0 Å². The number of pyridine rings is 1. The summed E-state index contributed by atoms with van der Waals surface area (Å²) in [5.74, 6) is 0.956. The van der Waals surface area contributed by atoms with Gasteiger partial charge in [0.15, 0.2) is 0 Å². The molecular weight excluding hydrogens is 314 g/mol. The lowest BCUT2D eigenvalue weighted by atomic mass is 9.99. The maximum Gasteiger partial charge on any atom is 0.281 e. The van der Waals surface area contributed by atoms with Crippen LogP contribution in [0.15, 0.2) is 18.5 Å². The minimum Gasteiger partial charge on any atom is -0.492 e. The van der Waals surface area contributed by atoms with Gasteiger partial charge in [-0.1, -0.05) is 11.6 Å². The minimum absolute atomic E-state index is 0.336. The van der Waals surface area contributed by atoms with E-state index in [9.17, 15) is 8.42 Å². The van der Waals surface area contributed by atoms with Crippen molar-refractivity contribution in [3.8, 4) is 5.75 Å². The second-order valence-corrected chi connectivity index (χ2v) is 7.80. The molecule has 0 atom stereocenters. The van der Waals surface area contributed by atoms with Crippen LogP contribution >= 0.6 is 11.6 Å². The van der Waals surface area contributed by atoms with Gasteiger partial charge in [-0.25, -0.2) is 0 Å². The summed E-state index contributed by atoms with van der Waals surface area (Å²) in [6, 6.07) is 1.73. The van der Waals surface area contributed by atoms with Gasteiger partial charge in [-0.05, 0) is 18.8 Å². The monoisotopic (exact) mass is 333 g/mol. The Hall–Kier alpha value is -0.890. The van der Waals surface area contributed by atoms with Crippen LogP contribution in [0.4, 0.5) is 0 Å². The topological polar surface area (TPSA) is 62.7 Å². The van der Waals surface area contributed by atoms with Crippen molar-refractivity contribution in [2.45, 2.75) is 12.8 Å². The molecule has 1 aromatic heterocycles. The summed E-state index contributed by atoms with van der Waals surface area (Å²) in [7, 11) is -0.198. The number of aromatic nitrogens is 1. The van der Waals surface area contributed by atoms with Gasteiger partial charge in [0.1, 0.15) is 10.8 Å². The molecule has 0 spiro atoms. The Morgan fingerprint density at radius 3 is 2.67 bits per heavy atom. The van der Waals surface area contributed by atoms with Crippen LogP contribution in [0.1, 0.15) is 12.8 Å². The molecular formula is C13H20ClN3O3S. The van der Waals surface area contributed by atoms with E-state index in [4.69, 9.17) is 16.3 Å².